The second kappa shape index (κ2) is 7.06. The Morgan fingerprint density at radius 3 is 2.35 bits per heavy atom. The predicted molar refractivity (Wildman–Crippen MR) is 95.4 cm³/mol. The fourth-order valence-electron chi connectivity index (χ4n) is 2.24. The molecule has 0 aliphatic carbocycles. The first kappa shape index (κ1) is 16.7. The predicted octanol–water partition coefficient (Wildman–Crippen LogP) is 4.03. The lowest BCUT2D eigenvalue weighted by molar-refractivity contribution is -0.384. The normalized spacial score (nSPS) is 10.0. The first-order valence-electron chi connectivity index (χ1n) is 6.88. The van der Waals surface area contributed by atoms with E-state index < -0.39 is 4.92 Å². The minimum absolute atomic E-state index is 0.0394. The summed E-state index contributed by atoms with van der Waals surface area (Å²) in [4.78, 5) is 10.4. The Balaban J connectivity index is 2.19. The maximum atomic E-state index is 10.9. The molecule has 0 amide bonds. The van der Waals surface area contributed by atoms with Crippen molar-refractivity contribution in [3.05, 3.63) is 57.6 Å². The van der Waals surface area contributed by atoms with Gasteiger partial charge in [-0.05, 0) is 55.4 Å². The zero-order valence-corrected chi connectivity index (χ0v) is 13.9. The molecule has 0 unspecified atom stereocenters. The highest BCUT2D eigenvalue weighted by Crippen LogP contribution is 2.29. The maximum absolute atomic E-state index is 10.9. The third kappa shape index (κ3) is 4.40. The lowest BCUT2D eigenvalue weighted by atomic mass is 10.1. The molecule has 0 aromatic heterocycles. The number of hydrogen-bond acceptors (Lipinski definition) is 4. The minimum atomic E-state index is -0.467. The molecule has 23 heavy (non-hydrogen) atoms. The molecule has 7 heteroatoms. The lowest BCUT2D eigenvalue weighted by Gasteiger charge is -2.14. The number of nitrogens with one attached hydrogen (secondary N) is 2. The van der Waals surface area contributed by atoms with Crippen molar-refractivity contribution in [2.75, 3.05) is 17.7 Å². The molecule has 0 saturated heterocycles. The zero-order chi connectivity index (χ0) is 17.0. The van der Waals surface area contributed by atoms with E-state index in [9.17, 15) is 10.1 Å². The van der Waals surface area contributed by atoms with E-state index in [1.54, 1.807) is 0 Å². The van der Waals surface area contributed by atoms with E-state index in [1.807, 2.05) is 26.0 Å². The van der Waals surface area contributed by atoms with Crippen LogP contribution in [-0.2, 0) is 0 Å². The molecule has 2 N–H and O–H groups in total. The van der Waals surface area contributed by atoms with Crippen LogP contribution in [0.2, 0.25) is 0 Å². The maximum Gasteiger partial charge on any atom is 0.271 e. The molecular weight excluding hydrogens is 314 g/mol. The second-order valence-corrected chi connectivity index (χ2v) is 5.51. The molecule has 0 heterocycles. The van der Waals surface area contributed by atoms with Crippen molar-refractivity contribution in [2.45, 2.75) is 13.8 Å². The van der Waals surface area contributed by atoms with E-state index in [4.69, 9.17) is 17.0 Å². The molecule has 2 aromatic rings. The number of hydrogen-bond donors (Lipinski definition) is 2. The Hall–Kier alpha value is -2.67. The molecule has 2 aromatic carbocycles. The molecule has 0 spiro atoms. The van der Waals surface area contributed by atoms with Crippen molar-refractivity contribution >= 4 is 34.4 Å². The topological polar surface area (TPSA) is 76.4 Å². The van der Waals surface area contributed by atoms with Crippen molar-refractivity contribution in [3.8, 4) is 5.75 Å². The fourth-order valence-corrected chi connectivity index (χ4v) is 2.47. The van der Waals surface area contributed by atoms with Crippen LogP contribution in [0.1, 0.15) is 11.1 Å². The Labute approximate surface area is 139 Å². The van der Waals surface area contributed by atoms with Gasteiger partial charge in [0, 0.05) is 17.8 Å². The van der Waals surface area contributed by atoms with Gasteiger partial charge in [0.25, 0.3) is 5.69 Å². The summed E-state index contributed by atoms with van der Waals surface area (Å²) < 4.78 is 5.20. The number of nitro groups is 1. The van der Waals surface area contributed by atoms with Gasteiger partial charge in [0.1, 0.15) is 5.75 Å². The lowest BCUT2D eigenvalue weighted by Crippen LogP contribution is -2.19. The summed E-state index contributed by atoms with van der Waals surface area (Å²) in [5, 5.41) is 17.2. The molecule has 0 saturated carbocycles. The van der Waals surface area contributed by atoms with Gasteiger partial charge in [-0.2, -0.15) is 0 Å². The van der Waals surface area contributed by atoms with Crippen LogP contribution in [-0.4, -0.2) is 17.1 Å². The van der Waals surface area contributed by atoms with Gasteiger partial charge in [-0.25, -0.2) is 0 Å². The smallest absolute Gasteiger partial charge is 0.271 e. The number of benzene rings is 2. The van der Waals surface area contributed by atoms with Crippen molar-refractivity contribution in [3.63, 3.8) is 0 Å². The molecule has 6 nitrogen and oxygen atoms in total. The summed E-state index contributed by atoms with van der Waals surface area (Å²) in [5.74, 6) is 0.472. The second-order valence-electron chi connectivity index (χ2n) is 5.10. The summed E-state index contributed by atoms with van der Waals surface area (Å²) in [6.45, 7) is 4.00. The van der Waals surface area contributed by atoms with Gasteiger partial charge >= 0.3 is 0 Å². The van der Waals surface area contributed by atoms with Gasteiger partial charge in [0.15, 0.2) is 5.11 Å². The molecule has 2 rings (SSSR count). The zero-order valence-electron chi connectivity index (χ0n) is 13.0. The number of anilines is 2. The van der Waals surface area contributed by atoms with E-state index in [0.29, 0.717) is 16.5 Å². The molecular formula is C16H17N3O3S. The van der Waals surface area contributed by atoms with Crippen molar-refractivity contribution in [1.29, 1.82) is 0 Å². The van der Waals surface area contributed by atoms with Crippen LogP contribution in [0.4, 0.5) is 17.1 Å². The van der Waals surface area contributed by atoms with Crippen LogP contribution in [0.3, 0.4) is 0 Å². The Morgan fingerprint density at radius 1 is 1.13 bits per heavy atom. The van der Waals surface area contributed by atoms with E-state index in [-0.39, 0.29) is 5.69 Å². The summed E-state index contributed by atoms with van der Waals surface area (Å²) in [7, 11) is 1.49. The average Bonchev–Trinajstić information content (AvgIpc) is 2.45. The number of rotatable bonds is 4. The highest BCUT2D eigenvalue weighted by molar-refractivity contribution is 7.80. The number of ether oxygens (including phenoxy) is 1. The molecule has 0 aliphatic heterocycles. The highest BCUT2D eigenvalue weighted by Gasteiger charge is 2.12. The average molecular weight is 331 g/mol. The van der Waals surface area contributed by atoms with Gasteiger partial charge in [-0.3, -0.25) is 10.1 Å². The fraction of sp³-hybridized carbons (Fsp3) is 0.188. The first-order valence-corrected chi connectivity index (χ1v) is 7.28. The summed E-state index contributed by atoms with van der Waals surface area (Å²) in [6, 6.07) is 10.3. The van der Waals surface area contributed by atoms with Crippen LogP contribution in [0, 0.1) is 24.0 Å². The summed E-state index contributed by atoms with van der Waals surface area (Å²) >= 11 is 5.27. The van der Waals surface area contributed by atoms with Crippen LogP contribution in [0.5, 0.6) is 5.75 Å². The number of thiocarbonyl (C=S) groups is 1. The highest BCUT2D eigenvalue weighted by atomic mass is 32.1. The molecule has 0 atom stereocenters. The van der Waals surface area contributed by atoms with Crippen molar-refractivity contribution < 1.29 is 9.66 Å². The third-order valence-electron chi connectivity index (χ3n) is 3.12. The van der Waals surface area contributed by atoms with Gasteiger partial charge in [-0.15, -0.1) is 0 Å². The van der Waals surface area contributed by atoms with E-state index in [2.05, 4.69) is 16.7 Å². The monoisotopic (exact) mass is 331 g/mol. The van der Waals surface area contributed by atoms with E-state index >= 15 is 0 Å². The Morgan fingerprint density at radius 2 is 1.78 bits per heavy atom. The van der Waals surface area contributed by atoms with Gasteiger partial charge in [0.05, 0.1) is 17.7 Å². The number of non-ortho nitro benzene ring substituents is 1. The number of nitrogens with zero attached hydrogens (tertiary/aromatic N) is 1. The summed E-state index contributed by atoms with van der Waals surface area (Å²) in [5.41, 5.74) is 3.47. The standard InChI is InChI=1S/C16H17N3O3S/c1-10-6-11(2)8-12(7-10)17-16(23)18-14-9-13(19(20)21)4-5-15(14)22-3/h4-9H,1-3H3,(H2,17,18,23). The number of methoxy groups -OCH3 is 1. The largest absolute Gasteiger partial charge is 0.495 e. The third-order valence-corrected chi connectivity index (χ3v) is 3.33. The van der Waals surface area contributed by atoms with Crippen molar-refractivity contribution in [1.82, 2.24) is 0 Å². The molecule has 0 radical (unpaired) electrons. The quantitative estimate of drug-likeness (QED) is 0.500. The molecule has 0 aliphatic rings. The van der Waals surface area contributed by atoms with Crippen LogP contribution in [0.15, 0.2) is 36.4 Å². The van der Waals surface area contributed by atoms with Crippen LogP contribution >= 0.6 is 12.2 Å². The first-order chi connectivity index (χ1) is 10.9. The van der Waals surface area contributed by atoms with E-state index in [1.165, 1.54) is 25.3 Å². The number of aryl methyl sites for hydroxylation is 2. The number of nitro benzene ring substituents is 1. The minimum Gasteiger partial charge on any atom is -0.495 e. The van der Waals surface area contributed by atoms with Gasteiger partial charge < -0.3 is 15.4 Å². The molecule has 0 fully saturated rings. The SMILES string of the molecule is COc1ccc([N+](=O)[O-])cc1NC(=S)Nc1cc(C)cc(C)c1. The van der Waals surface area contributed by atoms with Crippen LogP contribution < -0.4 is 15.4 Å². The van der Waals surface area contributed by atoms with E-state index in [0.717, 1.165) is 16.8 Å². The Kier molecular flexibility index (Phi) is 5.13. The van der Waals surface area contributed by atoms with Gasteiger partial charge in [-0.1, -0.05) is 6.07 Å². The van der Waals surface area contributed by atoms with Gasteiger partial charge in [0.2, 0.25) is 0 Å². The van der Waals surface area contributed by atoms with Crippen LogP contribution in [0.25, 0.3) is 0 Å². The Bertz CT molecular complexity index is 742. The molecule has 0 bridgehead atoms. The summed E-state index contributed by atoms with van der Waals surface area (Å²) in [6.07, 6.45) is 0. The molecule has 120 valence electrons. The van der Waals surface area contributed by atoms with Crippen molar-refractivity contribution in [2.24, 2.45) is 0 Å².